The topological polar surface area (TPSA) is 62.1 Å². The highest BCUT2D eigenvalue weighted by Crippen LogP contribution is 2.23. The molecule has 1 N–H and O–H groups in total. The molecule has 1 rings (SSSR count). The number of carbonyl (C=O) groups is 1. The van der Waals surface area contributed by atoms with E-state index in [0.29, 0.717) is 17.8 Å². The predicted molar refractivity (Wildman–Crippen MR) is 73.1 cm³/mol. The fraction of sp³-hybridized carbons (Fsp3) is 0.385. The number of carbonyl (C=O) groups excluding carboxylic acids is 1. The smallest absolute Gasteiger partial charge is 0.313 e. The van der Waals surface area contributed by atoms with Gasteiger partial charge in [-0.05, 0) is 32.0 Å². The lowest BCUT2D eigenvalue weighted by molar-refractivity contribution is -0.149. The molecule has 0 saturated carbocycles. The zero-order chi connectivity index (χ0) is 13.8. The standard InChI is InChI=1S/C13H15BrN2O2/c1-13(2,12(17)18-3)8-16-11-5-4-10(14)6-9(11)7-15/h4-6,16H,8H2,1-3H3. The average Bonchev–Trinajstić information content (AvgIpc) is 2.36. The molecule has 0 heterocycles. The van der Waals surface area contributed by atoms with Crippen molar-refractivity contribution < 1.29 is 9.53 Å². The Morgan fingerprint density at radius 3 is 2.78 bits per heavy atom. The van der Waals surface area contributed by atoms with Crippen molar-refractivity contribution >= 4 is 27.6 Å². The Hall–Kier alpha value is -1.54. The third kappa shape index (κ3) is 3.47. The maximum atomic E-state index is 11.5. The van der Waals surface area contributed by atoms with Crippen LogP contribution in [0.1, 0.15) is 19.4 Å². The number of benzene rings is 1. The first-order chi connectivity index (χ1) is 8.40. The molecule has 0 saturated heterocycles. The first kappa shape index (κ1) is 14.5. The van der Waals surface area contributed by atoms with Crippen molar-refractivity contribution in [3.8, 4) is 6.07 Å². The Morgan fingerprint density at radius 1 is 1.56 bits per heavy atom. The molecule has 0 atom stereocenters. The van der Waals surface area contributed by atoms with Gasteiger partial charge in [-0.3, -0.25) is 4.79 Å². The van der Waals surface area contributed by atoms with E-state index in [4.69, 9.17) is 10.00 Å². The zero-order valence-corrected chi connectivity index (χ0v) is 12.2. The van der Waals surface area contributed by atoms with Gasteiger partial charge in [-0.1, -0.05) is 15.9 Å². The van der Waals surface area contributed by atoms with Gasteiger partial charge in [-0.25, -0.2) is 0 Å². The summed E-state index contributed by atoms with van der Waals surface area (Å²) in [5, 5.41) is 12.1. The van der Waals surface area contributed by atoms with Crippen LogP contribution in [-0.4, -0.2) is 19.6 Å². The molecule has 0 fully saturated rings. The van der Waals surface area contributed by atoms with E-state index in [-0.39, 0.29) is 5.97 Å². The van der Waals surface area contributed by atoms with Crippen LogP contribution in [0.5, 0.6) is 0 Å². The lowest BCUT2D eigenvalue weighted by atomic mass is 9.93. The van der Waals surface area contributed by atoms with Crippen LogP contribution in [0.4, 0.5) is 5.69 Å². The molecule has 0 unspecified atom stereocenters. The van der Waals surface area contributed by atoms with Gasteiger partial charge in [0.2, 0.25) is 0 Å². The van der Waals surface area contributed by atoms with E-state index in [2.05, 4.69) is 27.3 Å². The Labute approximate surface area is 115 Å². The third-order valence-electron chi connectivity index (χ3n) is 2.56. The monoisotopic (exact) mass is 310 g/mol. The van der Waals surface area contributed by atoms with Crippen molar-refractivity contribution in [1.29, 1.82) is 5.26 Å². The number of nitriles is 1. The number of nitrogens with zero attached hydrogens (tertiary/aromatic N) is 1. The van der Waals surface area contributed by atoms with Crippen molar-refractivity contribution in [2.75, 3.05) is 19.0 Å². The molecule has 1 aromatic carbocycles. The predicted octanol–water partition coefficient (Wildman–Crippen LogP) is 2.93. The van der Waals surface area contributed by atoms with E-state index in [1.54, 1.807) is 26.0 Å². The summed E-state index contributed by atoms with van der Waals surface area (Å²) in [5.41, 5.74) is 0.594. The number of halogens is 1. The van der Waals surface area contributed by atoms with Gasteiger partial charge in [-0.2, -0.15) is 5.26 Å². The largest absolute Gasteiger partial charge is 0.469 e. The minimum atomic E-state index is -0.644. The molecule has 0 aromatic heterocycles. The summed E-state index contributed by atoms with van der Waals surface area (Å²) in [5.74, 6) is -0.286. The van der Waals surface area contributed by atoms with Crippen LogP contribution < -0.4 is 5.32 Å². The maximum Gasteiger partial charge on any atom is 0.313 e. The molecule has 18 heavy (non-hydrogen) atoms. The molecule has 0 spiro atoms. The van der Waals surface area contributed by atoms with Gasteiger partial charge in [0.1, 0.15) is 6.07 Å². The van der Waals surface area contributed by atoms with Gasteiger partial charge in [-0.15, -0.1) is 0 Å². The normalized spacial score (nSPS) is 10.6. The second-order valence-electron chi connectivity index (χ2n) is 4.53. The number of hydrogen-bond donors (Lipinski definition) is 1. The molecule has 0 amide bonds. The molecular formula is C13H15BrN2O2. The van der Waals surface area contributed by atoms with Crippen molar-refractivity contribution in [2.24, 2.45) is 5.41 Å². The second-order valence-corrected chi connectivity index (χ2v) is 5.45. The van der Waals surface area contributed by atoms with E-state index in [1.165, 1.54) is 7.11 Å². The van der Waals surface area contributed by atoms with Crippen LogP contribution in [0.2, 0.25) is 0 Å². The summed E-state index contributed by atoms with van der Waals surface area (Å²) < 4.78 is 5.57. The quantitative estimate of drug-likeness (QED) is 0.869. The zero-order valence-electron chi connectivity index (χ0n) is 10.6. The number of nitrogens with one attached hydrogen (secondary N) is 1. The molecule has 4 nitrogen and oxygen atoms in total. The van der Waals surface area contributed by atoms with Gasteiger partial charge in [0, 0.05) is 11.0 Å². The molecule has 1 aromatic rings. The number of hydrogen-bond acceptors (Lipinski definition) is 4. The van der Waals surface area contributed by atoms with Gasteiger partial charge in [0.25, 0.3) is 0 Å². The Morgan fingerprint density at radius 2 is 2.22 bits per heavy atom. The molecule has 96 valence electrons. The molecular weight excluding hydrogens is 296 g/mol. The van der Waals surface area contributed by atoms with E-state index in [1.807, 2.05) is 6.07 Å². The summed E-state index contributed by atoms with van der Waals surface area (Å²) in [6.45, 7) is 3.98. The van der Waals surface area contributed by atoms with Crippen LogP contribution in [0.3, 0.4) is 0 Å². The van der Waals surface area contributed by atoms with Gasteiger partial charge in [0.05, 0.1) is 23.8 Å². The van der Waals surface area contributed by atoms with Gasteiger partial charge in [0.15, 0.2) is 0 Å². The number of methoxy groups -OCH3 is 1. The Balaban J connectivity index is 2.81. The maximum absolute atomic E-state index is 11.5. The molecule has 0 aliphatic carbocycles. The molecule has 0 bridgehead atoms. The summed E-state index contributed by atoms with van der Waals surface area (Å²) in [6.07, 6.45) is 0. The van der Waals surface area contributed by atoms with Crippen molar-refractivity contribution in [3.05, 3.63) is 28.2 Å². The van der Waals surface area contributed by atoms with E-state index in [9.17, 15) is 4.79 Å². The van der Waals surface area contributed by atoms with E-state index >= 15 is 0 Å². The van der Waals surface area contributed by atoms with Crippen LogP contribution in [-0.2, 0) is 9.53 Å². The van der Waals surface area contributed by atoms with Crippen molar-refractivity contribution in [2.45, 2.75) is 13.8 Å². The van der Waals surface area contributed by atoms with Crippen LogP contribution >= 0.6 is 15.9 Å². The second kappa shape index (κ2) is 5.87. The number of esters is 1. The highest BCUT2D eigenvalue weighted by molar-refractivity contribution is 9.10. The highest BCUT2D eigenvalue weighted by atomic mass is 79.9. The number of anilines is 1. The van der Waals surface area contributed by atoms with E-state index in [0.717, 1.165) is 4.47 Å². The Bertz CT molecular complexity index is 492. The number of rotatable bonds is 4. The fourth-order valence-electron chi connectivity index (χ4n) is 1.43. The van der Waals surface area contributed by atoms with Crippen LogP contribution in [0, 0.1) is 16.7 Å². The Kier molecular flexibility index (Phi) is 4.74. The van der Waals surface area contributed by atoms with Gasteiger partial charge < -0.3 is 10.1 Å². The molecule has 0 radical (unpaired) electrons. The molecule has 0 aliphatic rings. The minimum Gasteiger partial charge on any atom is -0.469 e. The van der Waals surface area contributed by atoms with Crippen LogP contribution in [0.15, 0.2) is 22.7 Å². The van der Waals surface area contributed by atoms with Crippen molar-refractivity contribution in [1.82, 2.24) is 0 Å². The average molecular weight is 311 g/mol. The lowest BCUT2D eigenvalue weighted by Crippen LogP contribution is -2.33. The first-order valence-electron chi connectivity index (χ1n) is 5.42. The highest BCUT2D eigenvalue weighted by Gasteiger charge is 2.28. The first-order valence-corrected chi connectivity index (χ1v) is 6.22. The lowest BCUT2D eigenvalue weighted by Gasteiger charge is -2.22. The van der Waals surface area contributed by atoms with E-state index < -0.39 is 5.41 Å². The minimum absolute atomic E-state index is 0.286. The summed E-state index contributed by atoms with van der Waals surface area (Å²) >= 11 is 3.31. The van der Waals surface area contributed by atoms with Crippen LogP contribution in [0.25, 0.3) is 0 Å². The number of ether oxygens (including phenoxy) is 1. The third-order valence-corrected chi connectivity index (χ3v) is 3.05. The van der Waals surface area contributed by atoms with Gasteiger partial charge >= 0.3 is 5.97 Å². The fourth-order valence-corrected chi connectivity index (χ4v) is 1.79. The molecule has 0 aliphatic heterocycles. The molecule has 5 heteroatoms. The summed E-state index contributed by atoms with van der Waals surface area (Å²) in [7, 11) is 1.37. The van der Waals surface area contributed by atoms with Crippen molar-refractivity contribution in [3.63, 3.8) is 0 Å². The SMILES string of the molecule is COC(=O)C(C)(C)CNc1ccc(Br)cc1C#N. The summed E-state index contributed by atoms with van der Waals surface area (Å²) in [6, 6.07) is 7.48. The summed E-state index contributed by atoms with van der Waals surface area (Å²) in [4.78, 5) is 11.5.